The first-order valence-corrected chi connectivity index (χ1v) is 3.03. The Balaban J connectivity index is 3.79. The van der Waals surface area contributed by atoms with E-state index >= 15 is 0 Å². The number of hydrogen-bond donors (Lipinski definition) is 1. The molecule has 0 aliphatic rings. The van der Waals surface area contributed by atoms with E-state index in [1.54, 1.807) is 0 Å². The van der Waals surface area contributed by atoms with Gasteiger partial charge in [0.1, 0.15) is 0 Å². The van der Waals surface area contributed by atoms with Crippen LogP contribution in [0.3, 0.4) is 0 Å². The summed E-state index contributed by atoms with van der Waals surface area (Å²) in [4.78, 5) is 0. The molecule has 0 rings (SSSR count). The highest BCUT2D eigenvalue weighted by Gasteiger charge is 2.11. The van der Waals surface area contributed by atoms with Crippen LogP contribution < -0.4 is 0 Å². The molecule has 7 heavy (non-hydrogen) atoms. The summed E-state index contributed by atoms with van der Waals surface area (Å²) in [7, 11) is 0. The van der Waals surface area contributed by atoms with Crippen molar-refractivity contribution in [2.75, 3.05) is 0 Å². The number of hydrogen-bond acceptors (Lipinski definition) is 1. The molecule has 0 heterocycles. The maximum Gasteiger partial charge on any atom is 0.0501 e. The van der Waals surface area contributed by atoms with E-state index in [4.69, 9.17) is 12.2 Å². The minimum Gasteiger partial charge on any atom is -0.136 e. The van der Waals surface area contributed by atoms with Gasteiger partial charge in [0, 0.05) is 5.41 Å². The number of thiocarbonyl (C=S) groups is 1. The molecule has 0 atom stereocenters. The number of rotatable bonds is 0. The molecule has 0 unspecified atom stereocenters. The van der Waals surface area contributed by atoms with Gasteiger partial charge in [-0.05, 0) is 0 Å². The van der Waals surface area contributed by atoms with Crippen LogP contribution >= 0.6 is 24.8 Å². The summed E-state index contributed by atoms with van der Waals surface area (Å²) in [5.74, 6) is 0. The molecule has 0 bridgehead atoms. The van der Waals surface area contributed by atoms with Crippen LogP contribution in [0.15, 0.2) is 0 Å². The van der Waals surface area contributed by atoms with Crippen molar-refractivity contribution in [2.24, 2.45) is 5.41 Å². The highest BCUT2D eigenvalue weighted by atomic mass is 32.1. The first kappa shape index (κ1) is 7.44. The first-order chi connectivity index (χ1) is 2.94. The van der Waals surface area contributed by atoms with E-state index in [1.165, 1.54) is 0 Å². The smallest absolute Gasteiger partial charge is 0.0501 e. The zero-order valence-electron chi connectivity index (χ0n) is 4.86. The summed E-state index contributed by atoms with van der Waals surface area (Å²) in [6.45, 7) is 6.13. The minimum absolute atomic E-state index is 0.0957. The summed E-state index contributed by atoms with van der Waals surface area (Å²) in [6, 6.07) is 0. The SMILES string of the molecule is CC(C)(C)C(=S)S. The van der Waals surface area contributed by atoms with Crippen LogP contribution in [-0.2, 0) is 0 Å². The molecule has 0 saturated heterocycles. The number of thiol groups is 1. The molecule has 0 spiro atoms. The lowest BCUT2D eigenvalue weighted by Gasteiger charge is -2.13. The monoisotopic (exact) mass is 134 g/mol. The Bertz CT molecular complexity index is 78.6. The maximum atomic E-state index is 4.80. The minimum atomic E-state index is 0.0957. The first-order valence-electron chi connectivity index (χ1n) is 2.18. The van der Waals surface area contributed by atoms with Crippen LogP contribution in [0.1, 0.15) is 20.8 Å². The van der Waals surface area contributed by atoms with Gasteiger partial charge in [0.05, 0.1) is 4.20 Å². The van der Waals surface area contributed by atoms with Gasteiger partial charge in [-0.25, -0.2) is 0 Å². The fourth-order valence-corrected chi connectivity index (χ4v) is 0. The predicted octanol–water partition coefficient (Wildman–Crippen LogP) is 2.29. The van der Waals surface area contributed by atoms with Crippen molar-refractivity contribution in [2.45, 2.75) is 20.8 Å². The van der Waals surface area contributed by atoms with Gasteiger partial charge in [-0.3, -0.25) is 0 Å². The van der Waals surface area contributed by atoms with E-state index in [1.807, 2.05) is 20.8 Å². The fraction of sp³-hybridized carbons (Fsp3) is 0.800. The van der Waals surface area contributed by atoms with E-state index in [9.17, 15) is 0 Å². The summed E-state index contributed by atoms with van der Waals surface area (Å²) in [5, 5.41) is 0. The normalized spacial score (nSPS) is 11.4. The van der Waals surface area contributed by atoms with Crippen LogP contribution in [0.25, 0.3) is 0 Å². The van der Waals surface area contributed by atoms with Crippen molar-refractivity contribution < 1.29 is 0 Å². The highest BCUT2D eigenvalue weighted by Crippen LogP contribution is 2.17. The highest BCUT2D eigenvalue weighted by molar-refractivity contribution is 8.11. The van der Waals surface area contributed by atoms with Crippen molar-refractivity contribution >= 4 is 29.0 Å². The molecule has 0 aromatic rings. The van der Waals surface area contributed by atoms with Crippen molar-refractivity contribution in [3.63, 3.8) is 0 Å². The van der Waals surface area contributed by atoms with Crippen LogP contribution in [-0.4, -0.2) is 4.20 Å². The topological polar surface area (TPSA) is 0 Å². The van der Waals surface area contributed by atoms with Gasteiger partial charge >= 0.3 is 0 Å². The molecule has 0 aromatic heterocycles. The molecule has 42 valence electrons. The molecular formula is C5H10S2. The van der Waals surface area contributed by atoms with Gasteiger partial charge < -0.3 is 0 Å². The van der Waals surface area contributed by atoms with E-state index in [0.29, 0.717) is 0 Å². The second-order valence-electron chi connectivity index (χ2n) is 2.56. The third-order valence-electron chi connectivity index (χ3n) is 0.642. The Hall–Kier alpha value is 0.440. The molecule has 0 saturated carbocycles. The zero-order valence-corrected chi connectivity index (χ0v) is 6.57. The molecule has 2 heteroatoms. The van der Waals surface area contributed by atoms with Crippen molar-refractivity contribution in [3.8, 4) is 0 Å². The Morgan fingerprint density at radius 2 is 1.57 bits per heavy atom. The van der Waals surface area contributed by atoms with Crippen LogP contribution in [0.2, 0.25) is 0 Å². The van der Waals surface area contributed by atoms with Gasteiger partial charge in [-0.15, -0.1) is 12.6 Å². The standard InChI is InChI=1S/C5H10S2/c1-5(2,3)4(6)7/h1-3H3,(H,6,7). The second kappa shape index (κ2) is 2.14. The van der Waals surface area contributed by atoms with Crippen LogP contribution in [0.5, 0.6) is 0 Å². The molecule has 0 aliphatic carbocycles. The molecule has 0 aliphatic heterocycles. The molecular weight excluding hydrogens is 124 g/mol. The van der Waals surface area contributed by atoms with E-state index in [0.717, 1.165) is 4.20 Å². The quantitative estimate of drug-likeness (QED) is 0.392. The summed E-state index contributed by atoms with van der Waals surface area (Å²) >= 11 is 8.81. The van der Waals surface area contributed by atoms with Crippen molar-refractivity contribution in [1.82, 2.24) is 0 Å². The Morgan fingerprint density at radius 1 is 1.43 bits per heavy atom. The molecule has 0 N–H and O–H groups in total. The van der Waals surface area contributed by atoms with E-state index in [-0.39, 0.29) is 5.41 Å². The summed E-state index contributed by atoms with van der Waals surface area (Å²) in [5.41, 5.74) is 0.0957. The van der Waals surface area contributed by atoms with Crippen LogP contribution in [0.4, 0.5) is 0 Å². The Labute approximate surface area is 55.7 Å². The molecule has 0 fully saturated rings. The van der Waals surface area contributed by atoms with Gasteiger partial charge in [0.15, 0.2) is 0 Å². The molecule has 0 aromatic carbocycles. The third-order valence-corrected chi connectivity index (χ3v) is 1.92. The second-order valence-corrected chi connectivity index (χ2v) is 3.71. The molecule has 0 amide bonds. The predicted molar refractivity (Wildman–Crippen MR) is 41.0 cm³/mol. The van der Waals surface area contributed by atoms with Gasteiger partial charge in [0.25, 0.3) is 0 Å². The van der Waals surface area contributed by atoms with Gasteiger partial charge in [0.2, 0.25) is 0 Å². The lowest BCUT2D eigenvalue weighted by molar-refractivity contribution is 0.611. The summed E-state index contributed by atoms with van der Waals surface area (Å²) in [6.07, 6.45) is 0. The average molecular weight is 134 g/mol. The van der Waals surface area contributed by atoms with Gasteiger partial charge in [-0.2, -0.15) is 0 Å². The van der Waals surface area contributed by atoms with Crippen molar-refractivity contribution in [3.05, 3.63) is 0 Å². The van der Waals surface area contributed by atoms with Crippen LogP contribution in [0, 0.1) is 5.41 Å². The fourth-order valence-electron chi connectivity index (χ4n) is 0. The maximum absolute atomic E-state index is 4.80. The Morgan fingerprint density at radius 3 is 1.57 bits per heavy atom. The van der Waals surface area contributed by atoms with Gasteiger partial charge in [-0.1, -0.05) is 33.0 Å². The van der Waals surface area contributed by atoms with Crippen molar-refractivity contribution in [1.29, 1.82) is 0 Å². The third kappa shape index (κ3) is 3.06. The molecule has 0 nitrogen and oxygen atoms in total. The lowest BCUT2D eigenvalue weighted by Crippen LogP contribution is -2.11. The Kier molecular flexibility index (Phi) is 2.27. The van der Waals surface area contributed by atoms with E-state index < -0.39 is 0 Å². The zero-order chi connectivity index (χ0) is 6.08. The lowest BCUT2D eigenvalue weighted by atomic mass is 10.0. The largest absolute Gasteiger partial charge is 0.136 e. The molecule has 0 radical (unpaired) electrons. The summed E-state index contributed by atoms with van der Waals surface area (Å²) < 4.78 is 0.771. The van der Waals surface area contributed by atoms with E-state index in [2.05, 4.69) is 12.6 Å². The average Bonchev–Trinajstić information content (AvgIpc) is 1.31.